The summed E-state index contributed by atoms with van der Waals surface area (Å²) in [6, 6.07) is -1.24. The molecule has 2 atom stereocenters. The number of ether oxygens (including phenoxy) is 2. The SMILES string of the molecule is COC(=O)[C@H]1CCCN(C(=O)OC(C)(C)C)[C@@H]1C(=O)O. The van der Waals surface area contributed by atoms with E-state index in [1.807, 2.05) is 0 Å². The third kappa shape index (κ3) is 3.85. The van der Waals surface area contributed by atoms with E-state index in [4.69, 9.17) is 4.74 Å². The molecular weight excluding hydrogens is 266 g/mol. The van der Waals surface area contributed by atoms with Crippen molar-refractivity contribution in [2.24, 2.45) is 5.92 Å². The molecule has 0 aromatic carbocycles. The third-order valence-corrected chi connectivity index (χ3v) is 3.02. The number of likely N-dealkylation sites (tertiary alicyclic amines) is 1. The number of carbonyl (C=O) groups excluding carboxylic acids is 2. The molecule has 0 bridgehead atoms. The van der Waals surface area contributed by atoms with Crippen molar-refractivity contribution in [3.8, 4) is 0 Å². The van der Waals surface area contributed by atoms with Gasteiger partial charge in [-0.15, -0.1) is 0 Å². The van der Waals surface area contributed by atoms with Gasteiger partial charge in [0.15, 0.2) is 0 Å². The van der Waals surface area contributed by atoms with Gasteiger partial charge >= 0.3 is 18.0 Å². The maximum Gasteiger partial charge on any atom is 0.411 e. The minimum atomic E-state index is -1.24. The molecule has 1 N–H and O–H groups in total. The van der Waals surface area contributed by atoms with Crippen LogP contribution in [-0.2, 0) is 19.1 Å². The predicted molar refractivity (Wildman–Crippen MR) is 69.1 cm³/mol. The van der Waals surface area contributed by atoms with Gasteiger partial charge in [-0.3, -0.25) is 9.69 Å². The number of hydrogen-bond acceptors (Lipinski definition) is 5. The molecule has 1 amide bonds. The topological polar surface area (TPSA) is 93.1 Å². The summed E-state index contributed by atoms with van der Waals surface area (Å²) in [7, 11) is 1.20. The molecule has 0 aliphatic carbocycles. The number of esters is 1. The third-order valence-electron chi connectivity index (χ3n) is 3.02. The molecular formula is C13H21NO6. The first kappa shape index (κ1) is 16.3. The zero-order valence-corrected chi connectivity index (χ0v) is 12.2. The summed E-state index contributed by atoms with van der Waals surface area (Å²) in [5, 5.41) is 9.31. The minimum Gasteiger partial charge on any atom is -0.480 e. The highest BCUT2D eigenvalue weighted by Crippen LogP contribution is 2.27. The number of carboxylic acid groups (broad SMARTS) is 1. The number of hydrogen-bond donors (Lipinski definition) is 1. The number of carbonyl (C=O) groups is 3. The molecule has 1 heterocycles. The van der Waals surface area contributed by atoms with E-state index in [0.29, 0.717) is 12.8 Å². The van der Waals surface area contributed by atoms with Crippen LogP contribution in [0.25, 0.3) is 0 Å². The lowest BCUT2D eigenvalue weighted by molar-refractivity contribution is -0.159. The maximum absolute atomic E-state index is 12.1. The highest BCUT2D eigenvalue weighted by molar-refractivity contribution is 5.87. The second-order valence-corrected chi connectivity index (χ2v) is 5.73. The van der Waals surface area contributed by atoms with Gasteiger partial charge in [0.2, 0.25) is 0 Å². The normalized spacial score (nSPS) is 23.1. The van der Waals surface area contributed by atoms with Crippen LogP contribution < -0.4 is 0 Å². The smallest absolute Gasteiger partial charge is 0.411 e. The number of piperidine rings is 1. The first-order valence-corrected chi connectivity index (χ1v) is 6.47. The Balaban J connectivity index is 2.96. The van der Waals surface area contributed by atoms with Gasteiger partial charge in [0, 0.05) is 6.54 Å². The molecule has 20 heavy (non-hydrogen) atoms. The van der Waals surface area contributed by atoms with Gasteiger partial charge in [-0.25, -0.2) is 9.59 Å². The number of methoxy groups -OCH3 is 1. The van der Waals surface area contributed by atoms with Gasteiger partial charge in [0.05, 0.1) is 13.0 Å². The molecule has 7 heteroatoms. The number of aliphatic carboxylic acids is 1. The maximum atomic E-state index is 12.1. The molecule has 0 aromatic rings. The van der Waals surface area contributed by atoms with Crippen molar-refractivity contribution in [2.75, 3.05) is 13.7 Å². The number of nitrogens with zero attached hydrogens (tertiary/aromatic N) is 1. The molecule has 0 aromatic heterocycles. The van der Waals surface area contributed by atoms with Gasteiger partial charge in [-0.2, -0.15) is 0 Å². The van der Waals surface area contributed by atoms with Crippen molar-refractivity contribution in [2.45, 2.75) is 45.3 Å². The Morgan fingerprint density at radius 3 is 2.30 bits per heavy atom. The van der Waals surface area contributed by atoms with Crippen molar-refractivity contribution >= 4 is 18.0 Å². The van der Waals surface area contributed by atoms with Crippen LogP contribution in [0.1, 0.15) is 33.6 Å². The molecule has 0 saturated carbocycles. The van der Waals surface area contributed by atoms with Gasteiger partial charge < -0.3 is 14.6 Å². The Hall–Kier alpha value is -1.79. The van der Waals surface area contributed by atoms with Crippen LogP contribution in [0.3, 0.4) is 0 Å². The average molecular weight is 287 g/mol. The monoisotopic (exact) mass is 287 g/mol. The van der Waals surface area contributed by atoms with E-state index in [-0.39, 0.29) is 6.54 Å². The molecule has 1 rings (SSSR count). The van der Waals surface area contributed by atoms with Crippen molar-refractivity contribution < 1.29 is 29.0 Å². The predicted octanol–water partition coefficient (Wildman–Crippen LogP) is 1.26. The van der Waals surface area contributed by atoms with Gasteiger partial charge in [0.25, 0.3) is 0 Å². The lowest BCUT2D eigenvalue weighted by Crippen LogP contribution is -2.55. The summed E-state index contributed by atoms with van der Waals surface area (Å²) >= 11 is 0. The molecule has 1 aliphatic heterocycles. The summed E-state index contributed by atoms with van der Waals surface area (Å²) in [5.74, 6) is -2.71. The van der Waals surface area contributed by atoms with Crippen molar-refractivity contribution in [3.05, 3.63) is 0 Å². The van der Waals surface area contributed by atoms with E-state index in [0.717, 1.165) is 4.90 Å². The molecule has 7 nitrogen and oxygen atoms in total. The number of carboxylic acids is 1. The van der Waals surface area contributed by atoms with Crippen LogP contribution >= 0.6 is 0 Å². The van der Waals surface area contributed by atoms with Crippen LogP contribution in [0.5, 0.6) is 0 Å². The molecule has 0 radical (unpaired) electrons. The molecule has 1 fully saturated rings. The molecule has 0 spiro atoms. The summed E-state index contributed by atoms with van der Waals surface area (Å²) < 4.78 is 9.81. The second kappa shape index (κ2) is 6.11. The van der Waals surface area contributed by atoms with Crippen LogP contribution in [-0.4, -0.2) is 53.3 Å². The van der Waals surface area contributed by atoms with E-state index < -0.39 is 35.6 Å². The first-order chi connectivity index (χ1) is 9.17. The Labute approximate surface area is 117 Å². The van der Waals surface area contributed by atoms with Crippen LogP contribution in [0.4, 0.5) is 4.79 Å². The highest BCUT2D eigenvalue weighted by Gasteiger charge is 2.44. The highest BCUT2D eigenvalue weighted by atomic mass is 16.6. The van der Waals surface area contributed by atoms with Gasteiger partial charge in [-0.05, 0) is 33.6 Å². The standard InChI is InChI=1S/C13H21NO6/c1-13(2,3)20-12(18)14-7-5-6-8(11(17)19-4)9(14)10(15)16/h8-9H,5-7H2,1-4H3,(H,15,16)/t8-,9-/m0/s1. The van der Waals surface area contributed by atoms with E-state index in [1.165, 1.54) is 7.11 Å². The van der Waals surface area contributed by atoms with Crippen LogP contribution in [0, 0.1) is 5.92 Å². The Kier molecular flexibility index (Phi) is 4.97. The van der Waals surface area contributed by atoms with Gasteiger partial charge in [0.1, 0.15) is 11.6 Å². The fourth-order valence-corrected chi connectivity index (χ4v) is 2.22. The quantitative estimate of drug-likeness (QED) is 0.768. The summed E-state index contributed by atoms with van der Waals surface area (Å²) in [6.45, 7) is 5.34. The largest absolute Gasteiger partial charge is 0.480 e. The van der Waals surface area contributed by atoms with E-state index in [2.05, 4.69) is 4.74 Å². The zero-order valence-electron chi connectivity index (χ0n) is 12.2. The van der Waals surface area contributed by atoms with E-state index >= 15 is 0 Å². The fourth-order valence-electron chi connectivity index (χ4n) is 2.22. The number of amides is 1. The molecule has 1 aliphatic rings. The summed E-state index contributed by atoms with van der Waals surface area (Å²) in [5.41, 5.74) is -0.724. The summed E-state index contributed by atoms with van der Waals surface area (Å²) in [6.07, 6.45) is 0.185. The van der Waals surface area contributed by atoms with Crippen LogP contribution in [0.15, 0.2) is 0 Å². The van der Waals surface area contributed by atoms with Gasteiger partial charge in [-0.1, -0.05) is 0 Å². The minimum absolute atomic E-state index is 0.249. The van der Waals surface area contributed by atoms with E-state index in [1.54, 1.807) is 20.8 Å². The lowest BCUT2D eigenvalue weighted by Gasteiger charge is -2.37. The fraction of sp³-hybridized carbons (Fsp3) is 0.769. The Morgan fingerprint density at radius 1 is 1.25 bits per heavy atom. The first-order valence-electron chi connectivity index (χ1n) is 6.47. The van der Waals surface area contributed by atoms with Crippen molar-refractivity contribution in [1.29, 1.82) is 0 Å². The molecule has 0 unspecified atom stereocenters. The molecule has 1 saturated heterocycles. The molecule has 114 valence electrons. The Bertz CT molecular complexity index is 400. The summed E-state index contributed by atoms with van der Waals surface area (Å²) in [4.78, 5) is 36.2. The van der Waals surface area contributed by atoms with Crippen molar-refractivity contribution in [3.63, 3.8) is 0 Å². The average Bonchev–Trinajstić information content (AvgIpc) is 2.34. The zero-order chi connectivity index (χ0) is 15.5. The Morgan fingerprint density at radius 2 is 1.85 bits per heavy atom. The van der Waals surface area contributed by atoms with Crippen LogP contribution in [0.2, 0.25) is 0 Å². The van der Waals surface area contributed by atoms with E-state index in [9.17, 15) is 19.5 Å². The number of rotatable bonds is 2. The lowest BCUT2D eigenvalue weighted by atomic mass is 9.89. The second-order valence-electron chi connectivity index (χ2n) is 5.73. The van der Waals surface area contributed by atoms with Crippen molar-refractivity contribution in [1.82, 2.24) is 4.90 Å².